The maximum Gasteiger partial charge on any atom is 0.315 e. The predicted molar refractivity (Wildman–Crippen MR) is 117 cm³/mol. The molecule has 2 aromatic rings. The van der Waals surface area contributed by atoms with Crippen molar-refractivity contribution < 1.29 is 18.8 Å². The van der Waals surface area contributed by atoms with E-state index < -0.39 is 12.1 Å². The van der Waals surface area contributed by atoms with E-state index >= 15 is 0 Å². The molecule has 0 heterocycles. The third-order valence-corrected chi connectivity index (χ3v) is 4.91. The first-order valence-electron chi connectivity index (χ1n) is 10.4. The number of hydrogen-bond acceptors (Lipinski definition) is 3. The molecule has 4 N–H and O–H groups in total. The molecule has 0 aromatic heterocycles. The molecule has 3 rings (SSSR count). The average Bonchev–Trinajstić information content (AvgIpc) is 3.59. The van der Waals surface area contributed by atoms with Crippen LogP contribution in [0.4, 0.5) is 20.6 Å². The number of benzene rings is 2. The number of anilines is 2. The van der Waals surface area contributed by atoms with E-state index in [9.17, 15) is 18.8 Å². The summed E-state index contributed by atoms with van der Waals surface area (Å²) in [4.78, 5) is 36.9. The normalized spacial score (nSPS) is 13.7. The minimum absolute atomic E-state index is 0.00757. The number of amides is 4. The average molecular weight is 426 g/mol. The molecule has 0 radical (unpaired) electrons. The first kappa shape index (κ1) is 22.3. The predicted octanol–water partition coefficient (Wildman–Crippen LogP) is 3.78. The zero-order chi connectivity index (χ0) is 22.2. The van der Waals surface area contributed by atoms with Gasteiger partial charge in [0, 0.05) is 23.8 Å². The SMILES string of the molecule is CCCC(NC(=O)NCc1ccc(F)cc1)C(=O)Nc1cccc(NC(=O)C2CC2)c1. The van der Waals surface area contributed by atoms with Gasteiger partial charge in [0.05, 0.1) is 0 Å². The number of halogens is 1. The standard InChI is InChI=1S/C23H27FN4O3/c1-2-4-20(28-23(31)25-14-15-7-11-17(24)12-8-15)22(30)27-19-6-3-5-18(13-19)26-21(29)16-9-10-16/h3,5-8,11-13,16,20H,2,4,9-10,14H2,1H3,(H,26,29)(H,27,30)(H2,25,28,31). The Labute approximate surface area is 180 Å². The van der Waals surface area contributed by atoms with Gasteiger partial charge in [-0.1, -0.05) is 31.5 Å². The molecule has 1 aliphatic carbocycles. The molecule has 1 saturated carbocycles. The van der Waals surface area contributed by atoms with Gasteiger partial charge in [-0.15, -0.1) is 0 Å². The van der Waals surface area contributed by atoms with Crippen molar-refractivity contribution in [3.63, 3.8) is 0 Å². The van der Waals surface area contributed by atoms with Gasteiger partial charge in [-0.2, -0.15) is 0 Å². The van der Waals surface area contributed by atoms with Crippen molar-refractivity contribution in [2.24, 2.45) is 5.92 Å². The Balaban J connectivity index is 1.53. The summed E-state index contributed by atoms with van der Waals surface area (Å²) in [7, 11) is 0. The summed E-state index contributed by atoms with van der Waals surface area (Å²) < 4.78 is 13.0. The highest BCUT2D eigenvalue weighted by atomic mass is 19.1. The number of carbonyl (C=O) groups is 3. The second kappa shape index (κ2) is 10.6. The summed E-state index contributed by atoms with van der Waals surface area (Å²) in [6.45, 7) is 2.14. The quantitative estimate of drug-likeness (QED) is 0.491. The molecule has 1 unspecified atom stereocenters. The van der Waals surface area contributed by atoms with Crippen molar-refractivity contribution in [3.05, 3.63) is 59.9 Å². The lowest BCUT2D eigenvalue weighted by Gasteiger charge is -2.18. The van der Waals surface area contributed by atoms with Crippen LogP contribution in [0.1, 0.15) is 38.2 Å². The van der Waals surface area contributed by atoms with Gasteiger partial charge in [-0.05, 0) is 55.2 Å². The molecule has 164 valence electrons. The molecule has 4 amide bonds. The van der Waals surface area contributed by atoms with E-state index in [2.05, 4.69) is 21.3 Å². The fraction of sp³-hybridized carbons (Fsp3) is 0.348. The van der Waals surface area contributed by atoms with Gasteiger partial charge in [-0.25, -0.2) is 9.18 Å². The van der Waals surface area contributed by atoms with Crippen molar-refractivity contribution in [1.29, 1.82) is 0 Å². The summed E-state index contributed by atoms with van der Waals surface area (Å²) in [5.41, 5.74) is 1.90. The molecule has 0 spiro atoms. The molecule has 0 aliphatic heterocycles. The third kappa shape index (κ3) is 7.09. The minimum Gasteiger partial charge on any atom is -0.334 e. The summed E-state index contributed by atoms with van der Waals surface area (Å²) in [5.74, 6) is -0.606. The van der Waals surface area contributed by atoms with Crippen LogP contribution in [0.15, 0.2) is 48.5 Å². The van der Waals surface area contributed by atoms with E-state index in [4.69, 9.17) is 0 Å². The molecule has 0 bridgehead atoms. The summed E-state index contributed by atoms with van der Waals surface area (Å²) in [6.07, 6.45) is 2.99. The number of hydrogen-bond donors (Lipinski definition) is 4. The Morgan fingerprint density at radius 1 is 1.03 bits per heavy atom. The van der Waals surface area contributed by atoms with Gasteiger partial charge >= 0.3 is 6.03 Å². The van der Waals surface area contributed by atoms with Crippen LogP contribution in [-0.2, 0) is 16.1 Å². The van der Waals surface area contributed by atoms with Gasteiger partial charge in [0.2, 0.25) is 11.8 Å². The molecule has 1 atom stereocenters. The third-order valence-electron chi connectivity index (χ3n) is 4.91. The van der Waals surface area contributed by atoms with Crippen LogP contribution in [0.2, 0.25) is 0 Å². The number of nitrogens with one attached hydrogen (secondary N) is 4. The van der Waals surface area contributed by atoms with Gasteiger partial charge in [0.15, 0.2) is 0 Å². The lowest BCUT2D eigenvalue weighted by atomic mass is 10.1. The van der Waals surface area contributed by atoms with Crippen LogP contribution in [0.25, 0.3) is 0 Å². The maximum atomic E-state index is 13.0. The number of rotatable bonds is 9. The Morgan fingerprint density at radius 3 is 2.35 bits per heavy atom. The largest absolute Gasteiger partial charge is 0.334 e. The van der Waals surface area contributed by atoms with E-state index in [0.29, 0.717) is 24.2 Å². The van der Waals surface area contributed by atoms with Crippen LogP contribution in [0.5, 0.6) is 0 Å². The van der Waals surface area contributed by atoms with Gasteiger partial charge in [-0.3, -0.25) is 9.59 Å². The van der Waals surface area contributed by atoms with Gasteiger partial charge in [0.1, 0.15) is 11.9 Å². The van der Waals surface area contributed by atoms with Crippen LogP contribution >= 0.6 is 0 Å². The Hall–Kier alpha value is -3.42. The molecular weight excluding hydrogens is 399 g/mol. The zero-order valence-electron chi connectivity index (χ0n) is 17.4. The molecule has 2 aromatic carbocycles. The van der Waals surface area contributed by atoms with Crippen molar-refractivity contribution in [2.45, 2.75) is 45.2 Å². The van der Waals surface area contributed by atoms with E-state index in [0.717, 1.165) is 18.4 Å². The highest BCUT2D eigenvalue weighted by Gasteiger charge is 2.29. The van der Waals surface area contributed by atoms with Crippen LogP contribution in [0, 0.1) is 11.7 Å². The molecule has 7 nitrogen and oxygen atoms in total. The number of urea groups is 1. The summed E-state index contributed by atoms with van der Waals surface area (Å²) >= 11 is 0. The lowest BCUT2D eigenvalue weighted by molar-refractivity contribution is -0.118. The second-order valence-electron chi connectivity index (χ2n) is 7.63. The molecule has 8 heteroatoms. The second-order valence-corrected chi connectivity index (χ2v) is 7.63. The maximum absolute atomic E-state index is 13.0. The Bertz CT molecular complexity index is 929. The van der Waals surface area contributed by atoms with E-state index in [1.54, 1.807) is 36.4 Å². The Kier molecular flexibility index (Phi) is 7.59. The van der Waals surface area contributed by atoms with Crippen molar-refractivity contribution in [1.82, 2.24) is 10.6 Å². The van der Waals surface area contributed by atoms with Crippen molar-refractivity contribution in [3.8, 4) is 0 Å². The zero-order valence-corrected chi connectivity index (χ0v) is 17.4. The van der Waals surface area contributed by atoms with Gasteiger partial charge < -0.3 is 21.3 Å². The molecule has 1 aliphatic rings. The van der Waals surface area contributed by atoms with Crippen LogP contribution < -0.4 is 21.3 Å². The van der Waals surface area contributed by atoms with E-state index in [1.165, 1.54) is 12.1 Å². The fourth-order valence-electron chi connectivity index (χ4n) is 3.05. The van der Waals surface area contributed by atoms with Crippen LogP contribution in [0.3, 0.4) is 0 Å². The lowest BCUT2D eigenvalue weighted by Crippen LogP contribution is -2.47. The highest BCUT2D eigenvalue weighted by molar-refractivity contribution is 5.98. The van der Waals surface area contributed by atoms with Crippen molar-refractivity contribution in [2.75, 3.05) is 10.6 Å². The van der Waals surface area contributed by atoms with Crippen molar-refractivity contribution >= 4 is 29.2 Å². The van der Waals surface area contributed by atoms with Gasteiger partial charge in [0.25, 0.3) is 0 Å². The minimum atomic E-state index is -0.720. The smallest absolute Gasteiger partial charge is 0.315 e. The fourth-order valence-corrected chi connectivity index (χ4v) is 3.05. The summed E-state index contributed by atoms with van der Waals surface area (Å²) in [5, 5.41) is 11.0. The first-order valence-corrected chi connectivity index (χ1v) is 10.4. The Morgan fingerprint density at radius 2 is 1.71 bits per heavy atom. The summed E-state index contributed by atoms with van der Waals surface area (Å²) in [6, 6.07) is 11.5. The van der Waals surface area contributed by atoms with E-state index in [1.807, 2.05) is 6.92 Å². The topological polar surface area (TPSA) is 99.3 Å². The molecule has 1 fully saturated rings. The van der Waals surface area contributed by atoms with E-state index in [-0.39, 0.29) is 30.1 Å². The molecule has 0 saturated heterocycles. The number of carbonyl (C=O) groups excluding carboxylic acids is 3. The monoisotopic (exact) mass is 426 g/mol. The molecule has 31 heavy (non-hydrogen) atoms. The van der Waals surface area contributed by atoms with Crippen LogP contribution in [-0.4, -0.2) is 23.9 Å². The first-order chi connectivity index (χ1) is 14.9. The highest BCUT2D eigenvalue weighted by Crippen LogP contribution is 2.30. The molecular formula is C23H27FN4O3.